The smallest absolute Gasteiger partial charge is 0.355 e. The zero-order valence-corrected chi connectivity index (χ0v) is 17.2. The quantitative estimate of drug-likeness (QED) is 0.524. The van der Waals surface area contributed by atoms with Gasteiger partial charge in [-0.1, -0.05) is 18.2 Å². The van der Waals surface area contributed by atoms with Gasteiger partial charge in [-0.05, 0) is 18.1 Å². The normalized spacial score (nSPS) is 14.8. The second kappa shape index (κ2) is 8.57. The Labute approximate surface area is 170 Å². The molecule has 7 nitrogen and oxygen atoms in total. The van der Waals surface area contributed by atoms with Crippen LogP contribution in [0.25, 0.3) is 0 Å². The molecule has 0 fully saturated rings. The molecule has 12 heteroatoms. The molecule has 29 heavy (non-hydrogen) atoms. The van der Waals surface area contributed by atoms with Crippen molar-refractivity contribution in [2.45, 2.75) is 19.1 Å². The molecule has 2 heterocycles. The maximum Gasteiger partial charge on any atom is 0.434 e. The molecular weight excluding hydrogens is 427 g/mol. The number of sulfonamides is 1. The number of halogens is 3. The average Bonchev–Trinajstić information content (AvgIpc) is 3.31. The lowest BCUT2D eigenvalue weighted by atomic mass is 10.2. The highest BCUT2D eigenvalue weighted by molar-refractivity contribution is 7.92. The van der Waals surface area contributed by atoms with Gasteiger partial charge in [0.05, 0.1) is 18.0 Å². The first kappa shape index (κ1) is 21.4. The summed E-state index contributed by atoms with van der Waals surface area (Å²) < 4.78 is 64.5. The number of thiazole rings is 1. The summed E-state index contributed by atoms with van der Waals surface area (Å²) >= 11 is 0.888. The minimum absolute atomic E-state index is 0.0483. The van der Waals surface area contributed by atoms with Crippen LogP contribution < -0.4 is 14.9 Å². The second-order valence-corrected chi connectivity index (χ2v) is 9.20. The summed E-state index contributed by atoms with van der Waals surface area (Å²) in [6.07, 6.45) is -3.79. The molecule has 158 valence electrons. The Bertz CT molecular complexity index is 989. The lowest BCUT2D eigenvalue weighted by molar-refractivity contribution is -0.140. The maximum atomic E-state index is 12.7. The lowest BCUT2D eigenvalue weighted by Crippen LogP contribution is -2.41. The van der Waals surface area contributed by atoms with Gasteiger partial charge >= 0.3 is 6.18 Å². The molecule has 1 aromatic heterocycles. The average molecular weight is 448 g/mol. The second-order valence-electron chi connectivity index (χ2n) is 6.24. The number of benzene rings is 1. The van der Waals surface area contributed by atoms with E-state index < -0.39 is 21.9 Å². The Morgan fingerprint density at radius 1 is 1.31 bits per heavy atom. The van der Waals surface area contributed by atoms with Gasteiger partial charge in [-0.15, -0.1) is 11.3 Å². The number of nitrogens with zero attached hydrogens (tertiary/aromatic N) is 3. The van der Waals surface area contributed by atoms with E-state index in [1.165, 1.54) is 11.4 Å². The van der Waals surface area contributed by atoms with Crippen LogP contribution in [0, 0.1) is 0 Å². The van der Waals surface area contributed by atoms with E-state index in [9.17, 15) is 21.6 Å². The molecule has 0 unspecified atom stereocenters. The fourth-order valence-electron chi connectivity index (χ4n) is 2.91. The van der Waals surface area contributed by atoms with Gasteiger partial charge in [0, 0.05) is 25.5 Å². The summed E-state index contributed by atoms with van der Waals surface area (Å²) in [5, 5.41) is 6.90. The molecule has 1 aliphatic rings. The zero-order valence-electron chi connectivity index (χ0n) is 15.5. The molecule has 0 saturated heterocycles. The van der Waals surface area contributed by atoms with E-state index in [-0.39, 0.29) is 29.8 Å². The van der Waals surface area contributed by atoms with Gasteiger partial charge in [0.2, 0.25) is 10.0 Å². The third-order valence-electron chi connectivity index (χ3n) is 4.31. The SMILES string of the molecule is CN=C(NCCS(=O)(=O)N1CCc2ccccc21)NCc1nc(C(F)(F)F)cs1. The van der Waals surface area contributed by atoms with Gasteiger partial charge in [-0.2, -0.15) is 13.2 Å². The van der Waals surface area contributed by atoms with Crippen LogP contribution in [-0.4, -0.2) is 45.3 Å². The molecular formula is C17H20F3N5O2S2. The highest BCUT2D eigenvalue weighted by Crippen LogP contribution is 2.30. The van der Waals surface area contributed by atoms with Crippen LogP contribution in [0.4, 0.5) is 18.9 Å². The molecule has 0 radical (unpaired) electrons. The van der Waals surface area contributed by atoms with Crippen molar-refractivity contribution in [1.82, 2.24) is 15.6 Å². The van der Waals surface area contributed by atoms with Crippen molar-refractivity contribution in [3.05, 3.63) is 45.9 Å². The van der Waals surface area contributed by atoms with Crippen LogP contribution >= 0.6 is 11.3 Å². The number of nitrogens with one attached hydrogen (secondary N) is 2. The minimum atomic E-state index is -4.47. The Balaban J connectivity index is 1.50. The summed E-state index contributed by atoms with van der Waals surface area (Å²) in [5.41, 5.74) is 0.779. The molecule has 3 rings (SSSR count). The van der Waals surface area contributed by atoms with Crippen LogP contribution in [0.3, 0.4) is 0 Å². The number of fused-ring (bicyclic) bond motifs is 1. The van der Waals surface area contributed by atoms with Gasteiger partial charge in [0.25, 0.3) is 0 Å². The van der Waals surface area contributed by atoms with Crippen LogP contribution in [0.1, 0.15) is 16.3 Å². The molecule has 2 aromatic rings. The van der Waals surface area contributed by atoms with Crippen molar-refractivity contribution in [3.63, 3.8) is 0 Å². The molecule has 0 amide bonds. The molecule has 1 aliphatic heterocycles. The largest absolute Gasteiger partial charge is 0.434 e. The van der Waals surface area contributed by atoms with Crippen molar-refractivity contribution in [1.29, 1.82) is 0 Å². The topological polar surface area (TPSA) is 86.7 Å². The number of anilines is 1. The third kappa shape index (κ3) is 5.18. The first-order valence-electron chi connectivity index (χ1n) is 8.75. The molecule has 0 aliphatic carbocycles. The number of alkyl halides is 3. The Morgan fingerprint density at radius 3 is 2.76 bits per heavy atom. The van der Waals surface area contributed by atoms with Gasteiger partial charge in [-0.25, -0.2) is 13.4 Å². The molecule has 0 atom stereocenters. The number of hydrogen-bond donors (Lipinski definition) is 2. The Kier molecular flexibility index (Phi) is 6.32. The van der Waals surface area contributed by atoms with Crippen molar-refractivity contribution < 1.29 is 21.6 Å². The maximum absolute atomic E-state index is 12.7. The summed E-state index contributed by atoms with van der Waals surface area (Å²) in [6, 6.07) is 7.39. The fraction of sp³-hybridized carbons (Fsp3) is 0.412. The van der Waals surface area contributed by atoms with Crippen molar-refractivity contribution in [2.24, 2.45) is 4.99 Å². The van der Waals surface area contributed by atoms with Crippen LogP contribution in [0.2, 0.25) is 0 Å². The minimum Gasteiger partial charge on any atom is -0.355 e. The first-order chi connectivity index (χ1) is 13.7. The number of guanidine groups is 1. The Morgan fingerprint density at radius 2 is 2.07 bits per heavy atom. The van der Waals surface area contributed by atoms with E-state index in [0.29, 0.717) is 18.7 Å². The predicted molar refractivity (Wildman–Crippen MR) is 107 cm³/mol. The molecule has 0 saturated carbocycles. The molecule has 0 bridgehead atoms. The summed E-state index contributed by atoms with van der Waals surface area (Å²) in [7, 11) is -2.02. The summed E-state index contributed by atoms with van der Waals surface area (Å²) in [6.45, 7) is 0.569. The highest BCUT2D eigenvalue weighted by Gasteiger charge is 2.33. The molecule has 1 aromatic carbocycles. The van der Waals surface area contributed by atoms with E-state index in [2.05, 4.69) is 20.6 Å². The Hall–Kier alpha value is -2.34. The number of aliphatic imine (C=N–C) groups is 1. The van der Waals surface area contributed by atoms with Gasteiger partial charge < -0.3 is 10.6 Å². The van der Waals surface area contributed by atoms with Crippen molar-refractivity contribution >= 4 is 33.0 Å². The molecule has 0 spiro atoms. The van der Waals surface area contributed by atoms with Crippen LogP contribution in [-0.2, 0) is 29.2 Å². The first-order valence-corrected chi connectivity index (χ1v) is 11.2. The number of para-hydroxylation sites is 1. The predicted octanol–water partition coefficient (Wildman–Crippen LogP) is 2.22. The van der Waals surface area contributed by atoms with Gasteiger partial charge in [0.15, 0.2) is 11.7 Å². The van der Waals surface area contributed by atoms with E-state index >= 15 is 0 Å². The highest BCUT2D eigenvalue weighted by atomic mass is 32.2. The fourth-order valence-corrected chi connectivity index (χ4v) is 5.08. The van der Waals surface area contributed by atoms with E-state index in [1.807, 2.05) is 12.1 Å². The van der Waals surface area contributed by atoms with E-state index in [4.69, 9.17) is 0 Å². The van der Waals surface area contributed by atoms with Crippen LogP contribution in [0.15, 0.2) is 34.6 Å². The van der Waals surface area contributed by atoms with Crippen LogP contribution in [0.5, 0.6) is 0 Å². The monoisotopic (exact) mass is 447 g/mol. The molecule has 2 N–H and O–H groups in total. The summed E-state index contributed by atoms with van der Waals surface area (Å²) in [4.78, 5) is 7.48. The number of aromatic nitrogens is 1. The van der Waals surface area contributed by atoms with Crippen molar-refractivity contribution in [2.75, 3.05) is 30.2 Å². The van der Waals surface area contributed by atoms with E-state index in [0.717, 1.165) is 22.3 Å². The number of rotatable bonds is 6. The standard InChI is InChI=1S/C17H20F3N5O2S2/c1-21-16(23-10-15-24-14(11-28-15)17(18,19)20)22-7-9-29(26,27)25-8-6-12-4-2-3-5-13(12)25/h2-5,11H,6-10H2,1H3,(H2,21,22,23). The number of hydrogen-bond acceptors (Lipinski definition) is 5. The third-order valence-corrected chi connectivity index (χ3v) is 6.93. The van der Waals surface area contributed by atoms with E-state index in [1.54, 1.807) is 12.1 Å². The summed E-state index contributed by atoms with van der Waals surface area (Å²) in [5.74, 6) is 0.142. The van der Waals surface area contributed by atoms with Gasteiger partial charge in [-0.3, -0.25) is 9.30 Å². The van der Waals surface area contributed by atoms with Gasteiger partial charge in [0.1, 0.15) is 5.01 Å². The van der Waals surface area contributed by atoms with Crippen molar-refractivity contribution in [3.8, 4) is 0 Å². The lowest BCUT2D eigenvalue weighted by Gasteiger charge is -2.20. The zero-order chi connectivity index (χ0) is 21.1.